The molecule has 0 aromatic rings. The minimum absolute atomic E-state index is 0.221. The first-order valence-corrected chi connectivity index (χ1v) is 4.88. The predicted octanol–water partition coefficient (Wildman–Crippen LogP) is -0.00972. The third-order valence-corrected chi connectivity index (χ3v) is 3.38. The number of nitrogens with one attached hydrogen (secondary N) is 1. The summed E-state index contributed by atoms with van der Waals surface area (Å²) in [6, 6.07) is -0.475. The molecule has 2 fully saturated rings. The van der Waals surface area contributed by atoms with E-state index in [1.165, 1.54) is 0 Å². The third-order valence-electron chi connectivity index (χ3n) is 3.38. The van der Waals surface area contributed by atoms with Crippen LogP contribution in [0.3, 0.4) is 0 Å². The second kappa shape index (κ2) is 3.05. The zero-order chi connectivity index (χ0) is 10.2. The number of nitrogens with two attached hydrogens (primary N) is 1. The van der Waals surface area contributed by atoms with Crippen molar-refractivity contribution in [1.29, 1.82) is 5.26 Å². The molecule has 1 saturated heterocycles. The average molecular weight is 194 g/mol. The van der Waals surface area contributed by atoms with Gasteiger partial charge in [-0.05, 0) is 12.8 Å². The molecule has 1 saturated carbocycles. The van der Waals surface area contributed by atoms with Crippen LogP contribution >= 0.6 is 0 Å². The molecule has 3 N–H and O–H groups in total. The van der Waals surface area contributed by atoms with Crippen LogP contribution in [0.25, 0.3) is 0 Å². The molecule has 1 aliphatic carbocycles. The van der Waals surface area contributed by atoms with Crippen LogP contribution in [0.5, 0.6) is 0 Å². The number of hydrogen-bond acceptors (Lipinski definition) is 3. The van der Waals surface area contributed by atoms with Crippen molar-refractivity contribution in [2.45, 2.75) is 24.8 Å². The number of rotatable bonds is 1. The number of carbonyl (C=O) groups excluding carboxylic acids is 1. The summed E-state index contributed by atoms with van der Waals surface area (Å²) in [4.78, 5) is 12.6. The van der Waals surface area contributed by atoms with E-state index in [0.29, 0.717) is 12.5 Å². The summed E-state index contributed by atoms with van der Waals surface area (Å²) < 4.78 is 0. The lowest BCUT2D eigenvalue weighted by molar-refractivity contribution is 0.228. The highest BCUT2D eigenvalue weighted by molar-refractivity contribution is 5.73. The molecule has 2 rings (SSSR count). The van der Waals surface area contributed by atoms with E-state index in [4.69, 9.17) is 11.0 Å². The maximum absolute atomic E-state index is 10.9. The van der Waals surface area contributed by atoms with Gasteiger partial charge in [0.15, 0.2) is 6.19 Å². The largest absolute Gasteiger partial charge is 0.352 e. The first-order valence-electron chi connectivity index (χ1n) is 4.88. The number of nitriles is 1. The van der Waals surface area contributed by atoms with E-state index in [0.717, 1.165) is 25.8 Å². The summed E-state index contributed by atoms with van der Waals surface area (Å²) in [5.41, 5.74) is 4.94. The molecule has 2 unspecified atom stereocenters. The molecule has 0 spiro atoms. The number of urea groups is 1. The number of hydrogen-bond donors (Lipinski definition) is 2. The lowest BCUT2D eigenvalue weighted by Crippen LogP contribution is -2.53. The molecule has 1 heterocycles. The summed E-state index contributed by atoms with van der Waals surface area (Å²) in [5.74, 6) is 0.398. The van der Waals surface area contributed by atoms with E-state index in [2.05, 4.69) is 11.5 Å². The highest BCUT2D eigenvalue weighted by Gasteiger charge is 2.50. The van der Waals surface area contributed by atoms with Crippen molar-refractivity contribution in [3.05, 3.63) is 0 Å². The SMILES string of the molecule is N#CN1CC2CCCC2(NC(N)=O)C1. The summed E-state index contributed by atoms with van der Waals surface area (Å²) in [5, 5.41) is 11.6. The van der Waals surface area contributed by atoms with E-state index in [1.54, 1.807) is 4.90 Å². The van der Waals surface area contributed by atoms with Crippen molar-refractivity contribution >= 4 is 6.03 Å². The first-order chi connectivity index (χ1) is 6.66. The van der Waals surface area contributed by atoms with E-state index in [-0.39, 0.29) is 5.54 Å². The van der Waals surface area contributed by atoms with Crippen LogP contribution in [0.4, 0.5) is 4.79 Å². The van der Waals surface area contributed by atoms with E-state index in [9.17, 15) is 4.79 Å². The van der Waals surface area contributed by atoms with Crippen molar-refractivity contribution < 1.29 is 4.79 Å². The number of likely N-dealkylation sites (tertiary alicyclic amines) is 1. The van der Waals surface area contributed by atoms with Gasteiger partial charge in [-0.3, -0.25) is 0 Å². The lowest BCUT2D eigenvalue weighted by Gasteiger charge is -2.28. The van der Waals surface area contributed by atoms with Gasteiger partial charge in [0.2, 0.25) is 0 Å². The molecular formula is C9H14N4O. The molecule has 2 atom stereocenters. The summed E-state index contributed by atoms with van der Waals surface area (Å²) in [6.45, 7) is 1.38. The number of carbonyl (C=O) groups is 1. The van der Waals surface area contributed by atoms with Crippen molar-refractivity contribution in [3.8, 4) is 6.19 Å². The fourth-order valence-electron chi connectivity index (χ4n) is 2.82. The van der Waals surface area contributed by atoms with Crippen molar-refractivity contribution in [3.63, 3.8) is 0 Å². The van der Waals surface area contributed by atoms with Crippen LogP contribution in [0, 0.1) is 17.4 Å². The average Bonchev–Trinajstić information content (AvgIpc) is 2.58. The van der Waals surface area contributed by atoms with Crippen LogP contribution in [0.1, 0.15) is 19.3 Å². The van der Waals surface area contributed by atoms with Gasteiger partial charge in [0.25, 0.3) is 0 Å². The monoisotopic (exact) mass is 194 g/mol. The Balaban J connectivity index is 2.15. The van der Waals surface area contributed by atoms with Gasteiger partial charge in [-0.25, -0.2) is 4.79 Å². The highest BCUT2D eigenvalue weighted by Crippen LogP contribution is 2.41. The Kier molecular flexibility index (Phi) is 1.99. The van der Waals surface area contributed by atoms with E-state index in [1.807, 2.05) is 0 Å². The zero-order valence-corrected chi connectivity index (χ0v) is 7.99. The topological polar surface area (TPSA) is 82.2 Å². The summed E-state index contributed by atoms with van der Waals surface area (Å²) in [7, 11) is 0. The molecule has 2 aliphatic rings. The van der Waals surface area contributed by atoms with E-state index >= 15 is 0 Å². The molecule has 2 amide bonds. The molecule has 1 aliphatic heterocycles. The van der Waals surface area contributed by atoms with Gasteiger partial charge in [-0.15, -0.1) is 0 Å². The second-order valence-corrected chi connectivity index (χ2v) is 4.22. The Morgan fingerprint density at radius 3 is 3.14 bits per heavy atom. The first kappa shape index (κ1) is 9.13. The smallest absolute Gasteiger partial charge is 0.312 e. The lowest BCUT2D eigenvalue weighted by atomic mass is 9.91. The Bertz CT molecular complexity index is 298. The van der Waals surface area contributed by atoms with Crippen LogP contribution in [0.15, 0.2) is 0 Å². The number of amides is 2. The van der Waals surface area contributed by atoms with Crippen LogP contribution in [0.2, 0.25) is 0 Å². The van der Waals surface area contributed by atoms with Gasteiger partial charge in [0.1, 0.15) is 0 Å². The van der Waals surface area contributed by atoms with Gasteiger partial charge in [0.05, 0.1) is 12.1 Å². The Labute approximate surface area is 82.9 Å². The number of primary amides is 1. The Hall–Kier alpha value is -1.44. The fourth-order valence-corrected chi connectivity index (χ4v) is 2.82. The van der Waals surface area contributed by atoms with Crippen LogP contribution < -0.4 is 11.1 Å². The van der Waals surface area contributed by atoms with Crippen molar-refractivity contribution in [2.75, 3.05) is 13.1 Å². The molecule has 0 radical (unpaired) electrons. The van der Waals surface area contributed by atoms with Gasteiger partial charge in [-0.2, -0.15) is 5.26 Å². The highest BCUT2D eigenvalue weighted by atomic mass is 16.2. The van der Waals surface area contributed by atoms with Crippen molar-refractivity contribution in [2.24, 2.45) is 11.7 Å². The number of nitrogens with zero attached hydrogens (tertiary/aromatic N) is 2. The van der Waals surface area contributed by atoms with Crippen molar-refractivity contribution in [1.82, 2.24) is 10.2 Å². The molecule has 5 heteroatoms. The molecule has 0 aromatic carbocycles. The molecule has 0 aromatic heterocycles. The standard InChI is InChI=1S/C9H14N4O/c10-6-13-4-7-2-1-3-9(7,5-13)12-8(11)14/h7H,1-5H2,(H3,11,12,14). The van der Waals surface area contributed by atoms with Gasteiger partial charge in [0, 0.05) is 12.5 Å². The third kappa shape index (κ3) is 1.27. The normalized spacial score (nSPS) is 35.1. The maximum Gasteiger partial charge on any atom is 0.312 e. The molecule has 5 nitrogen and oxygen atoms in total. The second-order valence-electron chi connectivity index (χ2n) is 4.22. The zero-order valence-electron chi connectivity index (χ0n) is 7.99. The summed E-state index contributed by atoms with van der Waals surface area (Å²) >= 11 is 0. The molecule has 76 valence electrons. The minimum atomic E-state index is -0.475. The fraction of sp³-hybridized carbons (Fsp3) is 0.778. The molecule has 14 heavy (non-hydrogen) atoms. The van der Waals surface area contributed by atoms with E-state index < -0.39 is 6.03 Å². The Morgan fingerprint density at radius 1 is 1.71 bits per heavy atom. The molecular weight excluding hydrogens is 180 g/mol. The summed E-state index contributed by atoms with van der Waals surface area (Å²) in [6.07, 6.45) is 5.27. The molecule has 0 bridgehead atoms. The number of fused-ring (bicyclic) bond motifs is 1. The Morgan fingerprint density at radius 2 is 2.50 bits per heavy atom. The predicted molar refractivity (Wildman–Crippen MR) is 50.0 cm³/mol. The maximum atomic E-state index is 10.9. The van der Waals surface area contributed by atoms with Crippen LogP contribution in [-0.2, 0) is 0 Å². The quantitative estimate of drug-likeness (QED) is 0.576. The minimum Gasteiger partial charge on any atom is -0.352 e. The van der Waals surface area contributed by atoms with Gasteiger partial charge in [-0.1, -0.05) is 6.42 Å². The van der Waals surface area contributed by atoms with Crippen LogP contribution in [-0.4, -0.2) is 29.6 Å². The van der Waals surface area contributed by atoms with Gasteiger partial charge < -0.3 is 16.0 Å². The van der Waals surface area contributed by atoms with Gasteiger partial charge >= 0.3 is 6.03 Å².